The molecule has 1 aliphatic heterocycles. The summed E-state index contributed by atoms with van der Waals surface area (Å²) in [4.78, 5) is 11.7. The number of carboxylic acids is 1. The molecule has 1 aliphatic rings. The lowest BCUT2D eigenvalue weighted by atomic mass is 10.3. The first kappa shape index (κ1) is 9.58. The fourth-order valence-electron chi connectivity index (χ4n) is 1.42. The second-order valence-electron chi connectivity index (χ2n) is 3.25. The van der Waals surface area contributed by atoms with Crippen molar-refractivity contribution >= 4 is 5.97 Å². The highest BCUT2D eigenvalue weighted by molar-refractivity contribution is 5.82. The van der Waals surface area contributed by atoms with Gasteiger partial charge in [0, 0.05) is 6.07 Å². The molecule has 2 heterocycles. The van der Waals surface area contributed by atoms with Gasteiger partial charge in [0.25, 0.3) is 5.82 Å². The summed E-state index contributed by atoms with van der Waals surface area (Å²) in [5, 5.41) is 19.4. The Hall–Kier alpha value is -2.64. The minimum Gasteiger partial charge on any atom is -0.475 e. The van der Waals surface area contributed by atoms with Crippen molar-refractivity contribution in [1.29, 1.82) is 0 Å². The second-order valence-corrected chi connectivity index (χ2v) is 3.25. The van der Waals surface area contributed by atoms with Gasteiger partial charge in [-0.05, 0) is 17.3 Å². The van der Waals surface area contributed by atoms with Crippen molar-refractivity contribution in [2.24, 2.45) is 0 Å². The second kappa shape index (κ2) is 3.44. The number of aromatic nitrogens is 4. The number of nitrogens with zero attached hydrogens (tertiary/aromatic N) is 4. The van der Waals surface area contributed by atoms with Crippen LogP contribution >= 0.6 is 0 Å². The zero-order valence-corrected chi connectivity index (χ0v) is 8.40. The Balaban J connectivity index is 2.00. The van der Waals surface area contributed by atoms with E-state index in [0.717, 1.165) is 4.80 Å². The van der Waals surface area contributed by atoms with E-state index in [-0.39, 0.29) is 12.6 Å². The van der Waals surface area contributed by atoms with Crippen LogP contribution in [0.4, 0.5) is 0 Å². The fourth-order valence-corrected chi connectivity index (χ4v) is 1.42. The van der Waals surface area contributed by atoms with Gasteiger partial charge in [0.15, 0.2) is 11.5 Å². The van der Waals surface area contributed by atoms with Gasteiger partial charge < -0.3 is 14.6 Å². The van der Waals surface area contributed by atoms with Crippen LogP contribution in [0.1, 0.15) is 10.6 Å². The smallest absolute Gasteiger partial charge is 0.377 e. The van der Waals surface area contributed by atoms with Crippen LogP contribution in [0.25, 0.3) is 5.69 Å². The molecule has 0 fully saturated rings. The molecule has 17 heavy (non-hydrogen) atoms. The van der Waals surface area contributed by atoms with E-state index >= 15 is 0 Å². The van der Waals surface area contributed by atoms with Gasteiger partial charge in [-0.25, -0.2) is 4.79 Å². The van der Waals surface area contributed by atoms with Crippen LogP contribution in [0.2, 0.25) is 0 Å². The molecule has 0 amide bonds. The summed E-state index contributed by atoms with van der Waals surface area (Å²) < 4.78 is 10.3. The summed E-state index contributed by atoms with van der Waals surface area (Å²) in [6.07, 6.45) is 0. The maximum Gasteiger partial charge on any atom is 0.377 e. The number of ether oxygens (including phenoxy) is 2. The number of tetrazole rings is 1. The molecule has 1 aromatic carbocycles. The highest BCUT2D eigenvalue weighted by Gasteiger charge is 2.16. The van der Waals surface area contributed by atoms with E-state index < -0.39 is 5.97 Å². The molecule has 3 rings (SSSR count). The Morgan fingerprint density at radius 3 is 2.94 bits per heavy atom. The van der Waals surface area contributed by atoms with E-state index in [2.05, 4.69) is 15.4 Å². The molecule has 86 valence electrons. The van der Waals surface area contributed by atoms with Gasteiger partial charge in [-0.15, -0.1) is 15.0 Å². The first-order chi connectivity index (χ1) is 8.24. The Labute approximate surface area is 94.4 Å². The zero-order chi connectivity index (χ0) is 11.8. The summed E-state index contributed by atoms with van der Waals surface area (Å²) in [6.45, 7) is 0.171. The lowest BCUT2D eigenvalue weighted by Gasteiger charge is -1.99. The van der Waals surface area contributed by atoms with E-state index in [1.165, 1.54) is 0 Å². The largest absolute Gasteiger partial charge is 0.475 e. The number of aromatic carboxylic acids is 1. The van der Waals surface area contributed by atoms with Gasteiger partial charge in [-0.3, -0.25) is 0 Å². The van der Waals surface area contributed by atoms with Crippen LogP contribution in [0.3, 0.4) is 0 Å². The van der Waals surface area contributed by atoms with E-state index in [1.54, 1.807) is 18.2 Å². The number of hydrogen-bond donors (Lipinski definition) is 1. The number of fused-ring (bicyclic) bond motifs is 1. The molecule has 8 heteroatoms. The molecule has 0 radical (unpaired) electrons. The predicted molar refractivity (Wildman–Crippen MR) is 52.2 cm³/mol. The average Bonchev–Trinajstić information content (AvgIpc) is 2.97. The molecule has 2 aromatic rings. The number of rotatable bonds is 2. The maximum absolute atomic E-state index is 10.6. The minimum atomic E-state index is -1.23. The van der Waals surface area contributed by atoms with Crippen molar-refractivity contribution in [3.05, 3.63) is 24.0 Å². The fraction of sp³-hybridized carbons (Fsp3) is 0.111. The molecule has 0 saturated heterocycles. The molecule has 8 nitrogen and oxygen atoms in total. The predicted octanol–water partition coefficient (Wildman–Crippen LogP) is 0.0892. The zero-order valence-electron chi connectivity index (χ0n) is 8.40. The number of hydrogen-bond acceptors (Lipinski definition) is 6. The van der Waals surface area contributed by atoms with E-state index in [0.29, 0.717) is 17.2 Å². The molecule has 1 aromatic heterocycles. The Morgan fingerprint density at radius 2 is 2.18 bits per heavy atom. The van der Waals surface area contributed by atoms with Gasteiger partial charge >= 0.3 is 5.97 Å². The lowest BCUT2D eigenvalue weighted by Crippen LogP contribution is -2.02. The molecule has 0 aliphatic carbocycles. The maximum atomic E-state index is 10.6. The summed E-state index contributed by atoms with van der Waals surface area (Å²) in [6, 6.07) is 5.03. The van der Waals surface area contributed by atoms with Crippen molar-refractivity contribution in [2.45, 2.75) is 0 Å². The number of carbonyl (C=O) groups is 1. The average molecular weight is 234 g/mol. The van der Waals surface area contributed by atoms with Crippen molar-refractivity contribution < 1.29 is 19.4 Å². The van der Waals surface area contributed by atoms with E-state index in [9.17, 15) is 4.79 Å². The molecular weight excluding hydrogens is 228 g/mol. The van der Waals surface area contributed by atoms with E-state index in [1.807, 2.05) is 0 Å². The van der Waals surface area contributed by atoms with Gasteiger partial charge in [0.1, 0.15) is 0 Å². The SMILES string of the molecule is O=C(O)c1nnn(-c2ccc3c(c2)OCO3)n1. The van der Waals surface area contributed by atoms with Crippen molar-refractivity contribution in [1.82, 2.24) is 20.2 Å². The monoisotopic (exact) mass is 234 g/mol. The Morgan fingerprint density at radius 1 is 1.35 bits per heavy atom. The van der Waals surface area contributed by atoms with Gasteiger partial charge in [-0.2, -0.15) is 0 Å². The molecule has 0 bridgehead atoms. The standard InChI is InChI=1S/C9H6N4O4/c14-9(15)8-10-12-13(11-8)5-1-2-6-7(3-5)17-4-16-6/h1-3H,4H2,(H,14,15). The van der Waals surface area contributed by atoms with Crippen LogP contribution in [-0.2, 0) is 0 Å². The van der Waals surface area contributed by atoms with Crippen LogP contribution in [0.15, 0.2) is 18.2 Å². The Kier molecular flexibility index (Phi) is 1.94. The lowest BCUT2D eigenvalue weighted by molar-refractivity contribution is 0.0683. The van der Waals surface area contributed by atoms with Crippen molar-refractivity contribution in [3.63, 3.8) is 0 Å². The van der Waals surface area contributed by atoms with Crippen LogP contribution in [0.5, 0.6) is 11.5 Å². The number of benzene rings is 1. The normalized spacial score (nSPS) is 12.7. The molecule has 0 saturated carbocycles. The van der Waals surface area contributed by atoms with Crippen molar-refractivity contribution in [3.8, 4) is 17.2 Å². The third kappa shape index (κ3) is 1.55. The first-order valence-electron chi connectivity index (χ1n) is 4.67. The highest BCUT2D eigenvalue weighted by Crippen LogP contribution is 2.33. The Bertz CT molecular complexity index is 594. The van der Waals surface area contributed by atoms with Crippen LogP contribution in [0, 0.1) is 0 Å². The highest BCUT2D eigenvalue weighted by atomic mass is 16.7. The van der Waals surface area contributed by atoms with E-state index in [4.69, 9.17) is 14.6 Å². The summed E-state index contributed by atoms with van der Waals surface area (Å²) in [5.74, 6) is -0.386. The number of carboxylic acid groups (broad SMARTS) is 1. The van der Waals surface area contributed by atoms with Crippen LogP contribution in [-0.4, -0.2) is 38.1 Å². The van der Waals surface area contributed by atoms with Gasteiger partial charge in [0.05, 0.1) is 5.69 Å². The third-order valence-electron chi connectivity index (χ3n) is 2.19. The minimum absolute atomic E-state index is 0.171. The molecular formula is C9H6N4O4. The van der Waals surface area contributed by atoms with Gasteiger partial charge in [-0.1, -0.05) is 0 Å². The molecule has 0 unspecified atom stereocenters. The topological polar surface area (TPSA) is 99.4 Å². The van der Waals surface area contributed by atoms with Crippen LogP contribution < -0.4 is 9.47 Å². The quantitative estimate of drug-likeness (QED) is 0.785. The first-order valence-corrected chi connectivity index (χ1v) is 4.67. The van der Waals surface area contributed by atoms with Gasteiger partial charge in [0.2, 0.25) is 6.79 Å². The summed E-state index contributed by atoms with van der Waals surface area (Å²) >= 11 is 0. The summed E-state index contributed by atoms with van der Waals surface area (Å²) in [5.41, 5.74) is 0.550. The van der Waals surface area contributed by atoms with Crippen molar-refractivity contribution in [2.75, 3.05) is 6.79 Å². The molecule has 1 N–H and O–H groups in total. The molecule has 0 atom stereocenters. The summed E-state index contributed by atoms with van der Waals surface area (Å²) in [7, 11) is 0. The molecule has 0 spiro atoms. The third-order valence-corrected chi connectivity index (χ3v) is 2.19.